The summed E-state index contributed by atoms with van der Waals surface area (Å²) in [6.07, 6.45) is 1.90. The average molecular weight is 361 g/mol. The molecule has 1 saturated heterocycles. The third-order valence-corrected chi connectivity index (χ3v) is 4.71. The van der Waals surface area contributed by atoms with Gasteiger partial charge in [-0.1, -0.05) is 0 Å². The molecule has 3 rings (SSSR count). The van der Waals surface area contributed by atoms with Gasteiger partial charge in [0.25, 0.3) is 5.69 Å². The highest BCUT2D eigenvalue weighted by atomic mass is 16.6. The number of fused-ring (bicyclic) bond motifs is 1. The van der Waals surface area contributed by atoms with E-state index in [1.807, 2.05) is 0 Å². The van der Waals surface area contributed by atoms with Crippen molar-refractivity contribution in [1.29, 1.82) is 0 Å². The highest BCUT2D eigenvalue weighted by Crippen LogP contribution is 2.25. The molecule has 1 aliphatic rings. The first kappa shape index (κ1) is 17.9. The van der Waals surface area contributed by atoms with E-state index in [-0.39, 0.29) is 30.7 Å². The predicted molar refractivity (Wildman–Crippen MR) is 91.8 cm³/mol. The van der Waals surface area contributed by atoms with E-state index < -0.39 is 16.9 Å². The molecule has 26 heavy (non-hydrogen) atoms. The van der Waals surface area contributed by atoms with E-state index in [0.29, 0.717) is 23.9 Å². The number of carbonyl (C=O) groups excluding carboxylic acids is 1. The second kappa shape index (κ2) is 7.12. The number of likely N-dealkylation sites (tertiary alicyclic amines) is 1. The molecule has 0 bridgehead atoms. The molecule has 9 heteroatoms. The Labute approximate surface area is 148 Å². The van der Waals surface area contributed by atoms with Crippen molar-refractivity contribution in [1.82, 2.24) is 9.47 Å². The maximum Gasteiger partial charge on any atom is 0.305 e. The zero-order valence-corrected chi connectivity index (χ0v) is 14.2. The quantitative estimate of drug-likeness (QED) is 0.618. The number of non-ortho nitro benzene ring substituents is 1. The lowest BCUT2D eigenvalue weighted by Crippen LogP contribution is -2.39. The van der Waals surface area contributed by atoms with Gasteiger partial charge in [0, 0.05) is 48.9 Å². The van der Waals surface area contributed by atoms with Gasteiger partial charge in [0.15, 0.2) is 0 Å². The molecule has 1 amide bonds. The van der Waals surface area contributed by atoms with E-state index in [9.17, 15) is 19.7 Å². The van der Waals surface area contributed by atoms with E-state index in [0.717, 1.165) is 0 Å². The van der Waals surface area contributed by atoms with Crippen molar-refractivity contribution >= 4 is 28.5 Å². The number of nitro benzene ring substituents is 1. The van der Waals surface area contributed by atoms with Gasteiger partial charge >= 0.3 is 5.97 Å². The van der Waals surface area contributed by atoms with Crippen LogP contribution in [-0.4, -0.2) is 57.2 Å². The number of aliphatic carboxylic acids is 1. The molecule has 2 aromatic rings. The average Bonchev–Trinajstić information content (AvgIpc) is 3.18. The first-order chi connectivity index (χ1) is 12.4. The largest absolute Gasteiger partial charge is 0.481 e. The summed E-state index contributed by atoms with van der Waals surface area (Å²) in [5.41, 5.74) is 0.701. The third kappa shape index (κ3) is 3.52. The highest BCUT2D eigenvalue weighted by molar-refractivity contribution is 5.85. The Morgan fingerprint density at radius 2 is 2.15 bits per heavy atom. The summed E-state index contributed by atoms with van der Waals surface area (Å²) >= 11 is 0. The van der Waals surface area contributed by atoms with Crippen molar-refractivity contribution in [3.8, 4) is 0 Å². The van der Waals surface area contributed by atoms with E-state index >= 15 is 0 Å². The molecule has 2 heterocycles. The van der Waals surface area contributed by atoms with Crippen molar-refractivity contribution in [3.05, 3.63) is 40.6 Å². The van der Waals surface area contributed by atoms with Gasteiger partial charge in [0.2, 0.25) is 5.91 Å². The SMILES string of the molecule is COC1CC(CC(=O)O)N(C(=O)Cn2ccc3cc([N+](=O)[O-])ccc32)C1. The van der Waals surface area contributed by atoms with Crippen LogP contribution in [0, 0.1) is 10.1 Å². The number of ether oxygens (including phenoxy) is 1. The molecule has 0 spiro atoms. The van der Waals surface area contributed by atoms with Crippen LogP contribution in [0.5, 0.6) is 0 Å². The lowest BCUT2D eigenvalue weighted by molar-refractivity contribution is -0.384. The molecule has 2 unspecified atom stereocenters. The Kier molecular flexibility index (Phi) is 4.90. The third-order valence-electron chi connectivity index (χ3n) is 4.71. The van der Waals surface area contributed by atoms with Crippen molar-refractivity contribution in [2.45, 2.75) is 31.5 Å². The number of aromatic nitrogens is 1. The maximum atomic E-state index is 12.7. The Morgan fingerprint density at radius 3 is 2.81 bits per heavy atom. The van der Waals surface area contributed by atoms with Crippen molar-refractivity contribution in [2.75, 3.05) is 13.7 Å². The lowest BCUT2D eigenvalue weighted by atomic mass is 10.1. The van der Waals surface area contributed by atoms with E-state index in [1.54, 1.807) is 34.9 Å². The summed E-state index contributed by atoms with van der Waals surface area (Å²) < 4.78 is 6.99. The van der Waals surface area contributed by atoms with Crippen molar-refractivity contribution in [2.24, 2.45) is 0 Å². The summed E-state index contributed by atoms with van der Waals surface area (Å²) in [6, 6.07) is 5.78. The molecular formula is C17H19N3O6. The second-order valence-corrected chi connectivity index (χ2v) is 6.34. The van der Waals surface area contributed by atoms with Crippen LogP contribution in [0.15, 0.2) is 30.5 Å². The van der Waals surface area contributed by atoms with Gasteiger partial charge in [-0.3, -0.25) is 19.7 Å². The molecule has 138 valence electrons. The van der Waals surface area contributed by atoms with Gasteiger partial charge < -0.3 is 19.3 Å². The van der Waals surface area contributed by atoms with Crippen LogP contribution in [0.25, 0.3) is 10.9 Å². The number of carbonyl (C=O) groups is 2. The minimum Gasteiger partial charge on any atom is -0.481 e. The topological polar surface area (TPSA) is 115 Å². The Balaban J connectivity index is 1.79. The van der Waals surface area contributed by atoms with E-state index in [4.69, 9.17) is 9.84 Å². The summed E-state index contributed by atoms with van der Waals surface area (Å²) in [4.78, 5) is 35.7. The molecule has 1 aromatic heterocycles. The van der Waals surface area contributed by atoms with Gasteiger partial charge in [-0.15, -0.1) is 0 Å². The van der Waals surface area contributed by atoms with Gasteiger partial charge in [0.05, 0.1) is 17.4 Å². The number of rotatable bonds is 6. The van der Waals surface area contributed by atoms with Crippen LogP contribution in [0.2, 0.25) is 0 Å². The second-order valence-electron chi connectivity index (χ2n) is 6.34. The number of hydrogen-bond donors (Lipinski definition) is 1. The van der Waals surface area contributed by atoms with Crippen LogP contribution < -0.4 is 0 Å². The molecule has 1 aromatic carbocycles. The zero-order valence-electron chi connectivity index (χ0n) is 14.2. The summed E-state index contributed by atoms with van der Waals surface area (Å²) in [6.45, 7) is 0.395. The van der Waals surface area contributed by atoms with Crippen LogP contribution in [0.1, 0.15) is 12.8 Å². The first-order valence-electron chi connectivity index (χ1n) is 8.16. The van der Waals surface area contributed by atoms with Gasteiger partial charge in [0.1, 0.15) is 6.54 Å². The fourth-order valence-electron chi connectivity index (χ4n) is 3.42. The first-order valence-corrected chi connectivity index (χ1v) is 8.16. The Hall–Kier alpha value is -2.94. The molecular weight excluding hydrogens is 342 g/mol. The van der Waals surface area contributed by atoms with Gasteiger partial charge in [-0.05, 0) is 18.6 Å². The van der Waals surface area contributed by atoms with Crippen LogP contribution in [0.3, 0.4) is 0 Å². The molecule has 0 radical (unpaired) electrons. The number of hydrogen-bond acceptors (Lipinski definition) is 5. The number of benzene rings is 1. The fraction of sp³-hybridized carbons (Fsp3) is 0.412. The Morgan fingerprint density at radius 1 is 1.38 bits per heavy atom. The molecule has 1 N–H and O–H groups in total. The van der Waals surface area contributed by atoms with Crippen molar-refractivity contribution in [3.63, 3.8) is 0 Å². The minimum absolute atomic E-state index is 0.00872. The van der Waals surface area contributed by atoms with E-state index in [2.05, 4.69) is 0 Å². The Bertz CT molecular complexity index is 861. The number of carboxylic acids is 1. The number of amides is 1. The lowest BCUT2D eigenvalue weighted by Gasteiger charge is -2.23. The zero-order chi connectivity index (χ0) is 18.8. The number of nitrogens with zero attached hydrogens (tertiary/aromatic N) is 3. The number of carboxylic acid groups (broad SMARTS) is 1. The van der Waals surface area contributed by atoms with Crippen LogP contribution >= 0.6 is 0 Å². The molecule has 9 nitrogen and oxygen atoms in total. The smallest absolute Gasteiger partial charge is 0.305 e. The van der Waals surface area contributed by atoms with Crippen LogP contribution in [0.4, 0.5) is 5.69 Å². The van der Waals surface area contributed by atoms with Gasteiger partial charge in [-0.25, -0.2) is 0 Å². The van der Waals surface area contributed by atoms with Crippen LogP contribution in [-0.2, 0) is 20.9 Å². The monoisotopic (exact) mass is 361 g/mol. The van der Waals surface area contributed by atoms with Gasteiger partial charge in [-0.2, -0.15) is 0 Å². The highest BCUT2D eigenvalue weighted by Gasteiger charge is 2.36. The summed E-state index contributed by atoms with van der Waals surface area (Å²) in [5, 5.41) is 20.6. The maximum absolute atomic E-state index is 12.7. The predicted octanol–water partition coefficient (Wildman–Crippen LogP) is 1.64. The molecule has 1 fully saturated rings. The summed E-state index contributed by atoms with van der Waals surface area (Å²) in [5.74, 6) is -1.16. The minimum atomic E-state index is -0.955. The normalized spacial score (nSPS) is 19.8. The number of methoxy groups -OCH3 is 1. The molecule has 0 saturated carbocycles. The molecule has 0 aliphatic carbocycles. The van der Waals surface area contributed by atoms with Crippen molar-refractivity contribution < 1.29 is 24.4 Å². The number of nitro groups is 1. The fourth-order valence-corrected chi connectivity index (χ4v) is 3.42. The molecule has 1 aliphatic heterocycles. The molecule has 2 atom stereocenters. The summed E-state index contributed by atoms with van der Waals surface area (Å²) in [7, 11) is 1.54. The van der Waals surface area contributed by atoms with E-state index in [1.165, 1.54) is 12.1 Å². The standard InChI is InChI=1S/C17H19N3O6/c1-26-14-7-13(8-17(22)23)19(9-14)16(21)10-18-5-4-11-6-12(20(24)25)2-3-15(11)18/h2-6,13-14H,7-10H2,1H3,(H,22,23).